The zero-order chi connectivity index (χ0) is 24.2. The molecule has 8 heteroatoms. The van der Waals surface area contributed by atoms with Gasteiger partial charge in [0, 0.05) is 16.1 Å². The van der Waals surface area contributed by atoms with Gasteiger partial charge in [0.25, 0.3) is 5.91 Å². The Morgan fingerprint density at radius 2 is 1.62 bits per heavy atom. The molecule has 0 fully saturated rings. The fourth-order valence-electron chi connectivity index (χ4n) is 3.77. The first-order valence-electron chi connectivity index (χ1n) is 10.6. The van der Waals surface area contributed by atoms with Gasteiger partial charge in [0.2, 0.25) is 5.91 Å². The van der Waals surface area contributed by atoms with E-state index in [9.17, 15) is 9.59 Å². The number of rotatable bonds is 7. The van der Waals surface area contributed by atoms with Crippen LogP contribution in [0.15, 0.2) is 78.9 Å². The van der Waals surface area contributed by atoms with Crippen LogP contribution in [0.4, 0.5) is 0 Å². The minimum Gasteiger partial charge on any atom is -0.369 e. The van der Waals surface area contributed by atoms with E-state index in [2.05, 4.69) is 10.4 Å². The first-order chi connectivity index (χ1) is 16.3. The highest BCUT2D eigenvalue weighted by atomic mass is 35.5. The SMILES string of the molecule is CC(NC(=O)c1nn(-c2ccccc2Cl)c(-c2ccc(Cl)cc2)c1CC(N)=O)c1ccccc1. The molecule has 1 heterocycles. The summed E-state index contributed by atoms with van der Waals surface area (Å²) in [6.07, 6.45) is -0.176. The predicted octanol–water partition coefficient (Wildman–Crippen LogP) is 5.36. The second-order valence-electron chi connectivity index (χ2n) is 7.79. The molecule has 0 aliphatic heterocycles. The third kappa shape index (κ3) is 4.98. The summed E-state index contributed by atoms with van der Waals surface area (Å²) in [7, 11) is 0. The highest BCUT2D eigenvalue weighted by molar-refractivity contribution is 6.32. The summed E-state index contributed by atoms with van der Waals surface area (Å²) in [5, 5.41) is 8.59. The van der Waals surface area contributed by atoms with Crippen LogP contribution in [0, 0.1) is 0 Å². The number of nitrogens with two attached hydrogens (primary N) is 1. The normalized spacial score (nSPS) is 11.7. The number of para-hydroxylation sites is 1. The van der Waals surface area contributed by atoms with Gasteiger partial charge < -0.3 is 11.1 Å². The van der Waals surface area contributed by atoms with E-state index in [4.69, 9.17) is 28.9 Å². The number of halogens is 2. The summed E-state index contributed by atoms with van der Waals surface area (Å²) in [6, 6.07) is 23.5. The van der Waals surface area contributed by atoms with E-state index in [1.165, 1.54) is 0 Å². The Kier molecular flexibility index (Phi) is 7.01. The zero-order valence-electron chi connectivity index (χ0n) is 18.3. The number of hydrogen-bond donors (Lipinski definition) is 2. The van der Waals surface area contributed by atoms with Gasteiger partial charge >= 0.3 is 0 Å². The lowest BCUT2D eigenvalue weighted by Crippen LogP contribution is -2.28. The molecule has 0 saturated carbocycles. The molecule has 3 N–H and O–H groups in total. The third-order valence-corrected chi connectivity index (χ3v) is 5.97. The number of amides is 2. The Hall–Kier alpha value is -3.61. The molecule has 172 valence electrons. The van der Waals surface area contributed by atoms with Crippen LogP contribution in [0.3, 0.4) is 0 Å². The van der Waals surface area contributed by atoms with Crippen LogP contribution in [0.5, 0.6) is 0 Å². The highest BCUT2D eigenvalue weighted by Gasteiger charge is 2.27. The summed E-state index contributed by atoms with van der Waals surface area (Å²) in [5.74, 6) is -1.01. The molecule has 1 atom stereocenters. The Morgan fingerprint density at radius 3 is 2.26 bits per heavy atom. The van der Waals surface area contributed by atoms with E-state index in [1.54, 1.807) is 47.1 Å². The molecule has 0 aliphatic rings. The Balaban J connectivity index is 1.88. The molecule has 0 saturated heterocycles. The summed E-state index contributed by atoms with van der Waals surface area (Å²) in [4.78, 5) is 25.4. The maximum Gasteiger partial charge on any atom is 0.272 e. The van der Waals surface area contributed by atoms with Gasteiger partial charge in [0.15, 0.2) is 5.69 Å². The first kappa shape index (κ1) is 23.5. The molecule has 0 radical (unpaired) electrons. The number of nitrogens with one attached hydrogen (secondary N) is 1. The van der Waals surface area contributed by atoms with Crippen molar-refractivity contribution in [2.75, 3.05) is 0 Å². The van der Waals surface area contributed by atoms with E-state index in [1.807, 2.05) is 43.3 Å². The van der Waals surface area contributed by atoms with Crippen LogP contribution in [-0.4, -0.2) is 21.6 Å². The minimum absolute atomic E-state index is 0.103. The predicted molar refractivity (Wildman–Crippen MR) is 134 cm³/mol. The van der Waals surface area contributed by atoms with E-state index >= 15 is 0 Å². The van der Waals surface area contributed by atoms with Gasteiger partial charge in [-0.05, 0) is 36.8 Å². The number of aromatic nitrogens is 2. The van der Waals surface area contributed by atoms with Crippen molar-refractivity contribution >= 4 is 35.0 Å². The molecule has 4 aromatic rings. The van der Waals surface area contributed by atoms with Crippen molar-refractivity contribution < 1.29 is 9.59 Å². The molecule has 0 spiro atoms. The lowest BCUT2D eigenvalue weighted by atomic mass is 10.0. The second kappa shape index (κ2) is 10.1. The monoisotopic (exact) mass is 492 g/mol. The quantitative estimate of drug-likeness (QED) is 0.363. The summed E-state index contributed by atoms with van der Waals surface area (Å²) in [5.41, 5.74) is 8.85. The van der Waals surface area contributed by atoms with Crippen molar-refractivity contribution in [3.05, 3.63) is 106 Å². The van der Waals surface area contributed by atoms with Crippen LogP contribution in [0.2, 0.25) is 10.0 Å². The fraction of sp³-hybridized carbons (Fsp3) is 0.115. The lowest BCUT2D eigenvalue weighted by Gasteiger charge is -2.14. The zero-order valence-corrected chi connectivity index (χ0v) is 19.8. The van der Waals surface area contributed by atoms with Crippen molar-refractivity contribution in [2.24, 2.45) is 5.73 Å². The number of carbonyl (C=O) groups excluding carboxylic acids is 2. The van der Waals surface area contributed by atoms with Crippen molar-refractivity contribution in [3.63, 3.8) is 0 Å². The van der Waals surface area contributed by atoms with Crippen LogP contribution in [0.1, 0.15) is 34.6 Å². The van der Waals surface area contributed by atoms with Gasteiger partial charge in [-0.1, -0.05) is 77.8 Å². The molecule has 1 aromatic heterocycles. The van der Waals surface area contributed by atoms with Crippen LogP contribution < -0.4 is 11.1 Å². The minimum atomic E-state index is -0.584. The number of carbonyl (C=O) groups is 2. The molecule has 3 aromatic carbocycles. The maximum absolute atomic E-state index is 13.4. The molecular weight excluding hydrogens is 471 g/mol. The third-order valence-electron chi connectivity index (χ3n) is 5.40. The van der Waals surface area contributed by atoms with Gasteiger partial charge in [-0.2, -0.15) is 5.10 Å². The average Bonchev–Trinajstić information content (AvgIpc) is 3.18. The first-order valence-corrected chi connectivity index (χ1v) is 11.4. The highest BCUT2D eigenvalue weighted by Crippen LogP contribution is 2.33. The van der Waals surface area contributed by atoms with Gasteiger partial charge in [0.05, 0.1) is 28.9 Å². The number of primary amides is 1. The van der Waals surface area contributed by atoms with Crippen molar-refractivity contribution in [2.45, 2.75) is 19.4 Å². The van der Waals surface area contributed by atoms with Gasteiger partial charge in [0.1, 0.15) is 0 Å². The molecule has 2 amide bonds. The molecule has 6 nitrogen and oxygen atoms in total. The van der Waals surface area contributed by atoms with Crippen LogP contribution in [0.25, 0.3) is 16.9 Å². The average molecular weight is 493 g/mol. The van der Waals surface area contributed by atoms with Crippen LogP contribution >= 0.6 is 23.2 Å². The van der Waals surface area contributed by atoms with E-state index < -0.39 is 11.8 Å². The summed E-state index contributed by atoms with van der Waals surface area (Å²) >= 11 is 12.6. The van der Waals surface area contributed by atoms with Gasteiger partial charge in [-0.3, -0.25) is 9.59 Å². The van der Waals surface area contributed by atoms with E-state index in [0.29, 0.717) is 32.6 Å². The van der Waals surface area contributed by atoms with Gasteiger partial charge in [-0.15, -0.1) is 0 Å². The number of nitrogens with zero attached hydrogens (tertiary/aromatic N) is 2. The standard InChI is InChI=1S/C26H22Cl2N4O2/c1-16(17-7-3-2-4-8-17)30-26(34)24-20(15-23(29)33)25(18-11-13-19(27)14-12-18)32(31-24)22-10-6-5-9-21(22)28/h2-14,16H,15H2,1H3,(H2,29,33)(H,30,34). The lowest BCUT2D eigenvalue weighted by molar-refractivity contribution is -0.117. The molecule has 34 heavy (non-hydrogen) atoms. The van der Waals surface area contributed by atoms with Crippen molar-refractivity contribution in [1.29, 1.82) is 0 Å². The number of benzene rings is 3. The van der Waals surface area contributed by atoms with Gasteiger partial charge in [-0.25, -0.2) is 4.68 Å². The van der Waals surface area contributed by atoms with Crippen molar-refractivity contribution in [1.82, 2.24) is 15.1 Å². The summed E-state index contributed by atoms with van der Waals surface area (Å²) in [6.45, 7) is 1.88. The number of hydrogen-bond acceptors (Lipinski definition) is 3. The second-order valence-corrected chi connectivity index (χ2v) is 8.64. The van der Waals surface area contributed by atoms with E-state index in [-0.39, 0.29) is 18.2 Å². The molecule has 4 rings (SSSR count). The molecule has 0 aliphatic carbocycles. The van der Waals surface area contributed by atoms with E-state index in [0.717, 1.165) is 5.56 Å². The maximum atomic E-state index is 13.4. The Morgan fingerprint density at radius 1 is 0.971 bits per heavy atom. The largest absolute Gasteiger partial charge is 0.369 e. The summed E-state index contributed by atoms with van der Waals surface area (Å²) < 4.78 is 1.58. The fourth-order valence-corrected chi connectivity index (χ4v) is 4.11. The Bertz CT molecular complexity index is 1330. The van der Waals surface area contributed by atoms with Crippen molar-refractivity contribution in [3.8, 4) is 16.9 Å². The topological polar surface area (TPSA) is 90.0 Å². The Labute approximate surface area is 207 Å². The smallest absolute Gasteiger partial charge is 0.272 e. The molecular formula is C26H22Cl2N4O2. The molecule has 0 bridgehead atoms. The van der Waals surface area contributed by atoms with Crippen LogP contribution in [-0.2, 0) is 11.2 Å². The molecule has 1 unspecified atom stereocenters.